The van der Waals surface area contributed by atoms with Gasteiger partial charge in [0, 0.05) is 24.2 Å². The predicted octanol–water partition coefficient (Wildman–Crippen LogP) is 4.72. The first kappa shape index (κ1) is 21.8. The van der Waals surface area contributed by atoms with Crippen LogP contribution in [0.3, 0.4) is 0 Å². The van der Waals surface area contributed by atoms with Crippen molar-refractivity contribution < 1.29 is 22.7 Å². The van der Waals surface area contributed by atoms with E-state index >= 15 is 0 Å². The van der Waals surface area contributed by atoms with Crippen molar-refractivity contribution in [3.8, 4) is 5.88 Å². The number of carbonyl (C=O) groups excluding carboxylic acids is 1. The van der Waals surface area contributed by atoms with E-state index in [0.29, 0.717) is 17.0 Å². The molecule has 0 atom stereocenters. The lowest BCUT2D eigenvalue weighted by molar-refractivity contribution is -0.154. The van der Waals surface area contributed by atoms with Crippen LogP contribution in [0.4, 0.5) is 13.2 Å². The predicted molar refractivity (Wildman–Crippen MR) is 115 cm³/mol. The van der Waals surface area contributed by atoms with Gasteiger partial charge in [-0.05, 0) is 30.2 Å². The summed E-state index contributed by atoms with van der Waals surface area (Å²) >= 11 is 1.35. The van der Waals surface area contributed by atoms with Crippen molar-refractivity contribution in [1.29, 1.82) is 0 Å². The zero-order valence-electron chi connectivity index (χ0n) is 17.0. The van der Waals surface area contributed by atoms with Crippen molar-refractivity contribution in [2.75, 3.05) is 6.61 Å². The number of hydrogen-bond acceptors (Lipinski definition) is 5. The molecule has 10 heteroatoms. The Bertz CT molecular complexity index is 1240. The standard InChI is InChI=1S/C22H19F3N4O2S/c1-14-17-10-18(32-21(17)29(28-14)12-15-5-3-2-4-6-15)20(30)27-11-16-7-8-26-19(9-16)31-13-22(23,24)25/h2-10H,11-13H2,1H3,(H,27,30). The summed E-state index contributed by atoms with van der Waals surface area (Å²) in [6, 6.07) is 14.7. The lowest BCUT2D eigenvalue weighted by Gasteiger charge is -2.09. The van der Waals surface area contributed by atoms with Crippen LogP contribution >= 0.6 is 11.3 Å². The van der Waals surface area contributed by atoms with Gasteiger partial charge in [0.1, 0.15) is 4.83 Å². The normalized spacial score (nSPS) is 11.6. The second-order valence-electron chi connectivity index (χ2n) is 7.15. The summed E-state index contributed by atoms with van der Waals surface area (Å²) in [7, 11) is 0. The number of benzene rings is 1. The van der Waals surface area contributed by atoms with E-state index in [0.717, 1.165) is 21.5 Å². The Labute approximate surface area is 185 Å². The summed E-state index contributed by atoms with van der Waals surface area (Å²) in [5.41, 5.74) is 2.53. The number of pyridine rings is 1. The van der Waals surface area contributed by atoms with Crippen LogP contribution in [-0.4, -0.2) is 33.5 Å². The average molecular weight is 460 g/mol. The summed E-state index contributed by atoms with van der Waals surface area (Å²) in [4.78, 5) is 17.9. The quantitative estimate of drug-likeness (QED) is 0.433. The average Bonchev–Trinajstić information content (AvgIpc) is 3.32. The number of aromatic nitrogens is 3. The Morgan fingerprint density at radius 2 is 1.94 bits per heavy atom. The number of amides is 1. The molecule has 0 saturated carbocycles. The molecule has 1 N–H and O–H groups in total. The number of nitrogens with zero attached hydrogens (tertiary/aromatic N) is 3. The molecule has 0 unspecified atom stereocenters. The van der Waals surface area contributed by atoms with Gasteiger partial charge >= 0.3 is 6.18 Å². The summed E-state index contributed by atoms with van der Waals surface area (Å²) < 4.78 is 43.5. The second kappa shape index (κ2) is 8.99. The van der Waals surface area contributed by atoms with Crippen LogP contribution in [0.25, 0.3) is 10.2 Å². The number of thiophene rings is 1. The highest BCUT2D eigenvalue weighted by atomic mass is 32.1. The minimum atomic E-state index is -4.44. The van der Waals surface area contributed by atoms with Gasteiger partial charge in [0.15, 0.2) is 6.61 Å². The number of hydrogen-bond donors (Lipinski definition) is 1. The number of aryl methyl sites for hydroxylation is 1. The molecule has 3 heterocycles. The van der Waals surface area contributed by atoms with Gasteiger partial charge in [-0.25, -0.2) is 4.98 Å². The number of rotatable bonds is 7. The van der Waals surface area contributed by atoms with Gasteiger partial charge in [0.05, 0.1) is 17.1 Å². The van der Waals surface area contributed by atoms with Crippen LogP contribution in [0, 0.1) is 6.92 Å². The van der Waals surface area contributed by atoms with E-state index < -0.39 is 12.8 Å². The van der Waals surface area contributed by atoms with Gasteiger partial charge in [-0.15, -0.1) is 11.3 Å². The highest BCUT2D eigenvalue weighted by Crippen LogP contribution is 2.29. The highest BCUT2D eigenvalue weighted by molar-refractivity contribution is 7.20. The van der Waals surface area contributed by atoms with Gasteiger partial charge in [0.2, 0.25) is 5.88 Å². The molecular weight excluding hydrogens is 441 g/mol. The molecular formula is C22H19F3N4O2S. The lowest BCUT2D eigenvalue weighted by Crippen LogP contribution is -2.22. The minimum Gasteiger partial charge on any atom is -0.468 e. The number of ether oxygens (including phenoxy) is 1. The van der Waals surface area contributed by atoms with Crippen molar-refractivity contribution in [1.82, 2.24) is 20.1 Å². The molecule has 166 valence electrons. The zero-order valence-corrected chi connectivity index (χ0v) is 17.8. The van der Waals surface area contributed by atoms with Crippen molar-refractivity contribution in [2.45, 2.75) is 26.2 Å². The van der Waals surface area contributed by atoms with Crippen molar-refractivity contribution in [3.63, 3.8) is 0 Å². The fourth-order valence-electron chi connectivity index (χ4n) is 3.15. The molecule has 0 aliphatic carbocycles. The molecule has 1 aromatic carbocycles. The maximum atomic E-state index is 12.7. The largest absolute Gasteiger partial charge is 0.468 e. The Morgan fingerprint density at radius 3 is 2.69 bits per heavy atom. The SMILES string of the molecule is Cc1nn(Cc2ccccc2)c2sc(C(=O)NCc3ccnc(OCC(F)(F)F)c3)cc12. The number of alkyl halides is 3. The molecule has 4 aromatic rings. The van der Waals surface area contributed by atoms with Crippen molar-refractivity contribution in [3.05, 3.63) is 76.4 Å². The smallest absolute Gasteiger partial charge is 0.422 e. The monoisotopic (exact) mass is 460 g/mol. The van der Waals surface area contributed by atoms with Crippen molar-refractivity contribution >= 4 is 27.5 Å². The van der Waals surface area contributed by atoms with Gasteiger partial charge in [-0.3, -0.25) is 9.48 Å². The molecule has 0 aliphatic heterocycles. The molecule has 0 spiro atoms. The van der Waals surface area contributed by atoms with E-state index in [1.807, 2.05) is 48.0 Å². The Balaban J connectivity index is 1.44. The first-order valence-electron chi connectivity index (χ1n) is 9.72. The van der Waals surface area contributed by atoms with Gasteiger partial charge in [-0.1, -0.05) is 30.3 Å². The van der Waals surface area contributed by atoms with Crippen LogP contribution in [-0.2, 0) is 13.1 Å². The van der Waals surface area contributed by atoms with Crippen LogP contribution in [0.15, 0.2) is 54.7 Å². The van der Waals surface area contributed by atoms with E-state index in [2.05, 4.69) is 20.1 Å². The van der Waals surface area contributed by atoms with E-state index in [-0.39, 0.29) is 18.3 Å². The summed E-state index contributed by atoms with van der Waals surface area (Å²) in [5.74, 6) is -0.418. The molecule has 3 aromatic heterocycles. The van der Waals surface area contributed by atoms with E-state index in [1.165, 1.54) is 23.6 Å². The number of nitrogens with one attached hydrogen (secondary N) is 1. The number of fused-ring (bicyclic) bond motifs is 1. The van der Waals surface area contributed by atoms with Crippen molar-refractivity contribution in [2.24, 2.45) is 0 Å². The molecule has 32 heavy (non-hydrogen) atoms. The van der Waals surface area contributed by atoms with Gasteiger partial charge in [-0.2, -0.15) is 18.3 Å². The van der Waals surface area contributed by atoms with Gasteiger partial charge in [0.25, 0.3) is 5.91 Å². The maximum absolute atomic E-state index is 12.7. The van der Waals surface area contributed by atoms with Crippen LogP contribution in [0.5, 0.6) is 5.88 Å². The van der Waals surface area contributed by atoms with Crippen LogP contribution in [0.1, 0.15) is 26.5 Å². The molecule has 0 aliphatic rings. The Hall–Kier alpha value is -3.40. The fraction of sp³-hybridized carbons (Fsp3) is 0.227. The summed E-state index contributed by atoms with van der Waals surface area (Å²) in [5, 5.41) is 8.29. The Kier molecular flexibility index (Phi) is 6.13. The first-order valence-corrected chi connectivity index (χ1v) is 10.5. The third-order valence-corrected chi connectivity index (χ3v) is 5.79. The van der Waals surface area contributed by atoms with Crippen LogP contribution < -0.4 is 10.1 Å². The molecule has 1 amide bonds. The second-order valence-corrected chi connectivity index (χ2v) is 8.18. The third-order valence-electron chi connectivity index (χ3n) is 4.64. The summed E-state index contributed by atoms with van der Waals surface area (Å²) in [6.45, 7) is 1.21. The lowest BCUT2D eigenvalue weighted by atomic mass is 10.2. The van der Waals surface area contributed by atoms with Crippen LogP contribution in [0.2, 0.25) is 0 Å². The molecule has 0 saturated heterocycles. The molecule has 0 fully saturated rings. The zero-order chi connectivity index (χ0) is 22.7. The molecule has 4 rings (SSSR count). The van der Waals surface area contributed by atoms with E-state index in [9.17, 15) is 18.0 Å². The molecule has 0 bridgehead atoms. The molecule has 0 radical (unpaired) electrons. The Morgan fingerprint density at radius 1 is 1.16 bits per heavy atom. The topological polar surface area (TPSA) is 69.0 Å². The highest BCUT2D eigenvalue weighted by Gasteiger charge is 2.28. The maximum Gasteiger partial charge on any atom is 0.422 e. The van der Waals surface area contributed by atoms with E-state index in [4.69, 9.17) is 0 Å². The fourth-order valence-corrected chi connectivity index (χ4v) is 4.23. The first-order chi connectivity index (χ1) is 15.3. The third kappa shape index (κ3) is 5.25. The van der Waals surface area contributed by atoms with E-state index in [1.54, 1.807) is 6.07 Å². The number of halogens is 3. The minimum absolute atomic E-state index is 0.132. The summed E-state index contributed by atoms with van der Waals surface area (Å²) in [6.07, 6.45) is -3.10. The van der Waals surface area contributed by atoms with Gasteiger partial charge < -0.3 is 10.1 Å². The molecule has 6 nitrogen and oxygen atoms in total. The number of carbonyl (C=O) groups is 1.